The number of carbonyl (C=O) groups is 1. The molecule has 1 atom stereocenters. The highest BCUT2D eigenvalue weighted by Crippen LogP contribution is 2.27. The van der Waals surface area contributed by atoms with Gasteiger partial charge in [0.15, 0.2) is 0 Å². The molecular formula is C18H19NO2. The van der Waals surface area contributed by atoms with E-state index in [0.717, 1.165) is 5.69 Å². The van der Waals surface area contributed by atoms with Crippen LogP contribution in [0.3, 0.4) is 0 Å². The van der Waals surface area contributed by atoms with Gasteiger partial charge in [-0.05, 0) is 67.1 Å². The lowest BCUT2D eigenvalue weighted by Crippen LogP contribution is -2.07. The number of rotatable bonds is 4. The molecule has 2 N–H and O–H groups in total. The van der Waals surface area contributed by atoms with Crippen LogP contribution in [0.1, 0.15) is 46.4 Å². The zero-order chi connectivity index (χ0) is 14.8. The van der Waals surface area contributed by atoms with Gasteiger partial charge in [-0.25, -0.2) is 4.79 Å². The molecule has 0 spiro atoms. The quantitative estimate of drug-likeness (QED) is 0.889. The summed E-state index contributed by atoms with van der Waals surface area (Å²) in [4.78, 5) is 10.8. The highest BCUT2D eigenvalue weighted by molar-refractivity contribution is 5.88. The Morgan fingerprint density at radius 1 is 1.10 bits per heavy atom. The second-order valence-corrected chi connectivity index (χ2v) is 5.63. The maximum Gasteiger partial charge on any atom is 0.335 e. The Morgan fingerprint density at radius 3 is 2.52 bits per heavy atom. The fourth-order valence-electron chi connectivity index (χ4n) is 2.90. The van der Waals surface area contributed by atoms with Crippen LogP contribution in [-0.4, -0.2) is 11.1 Å². The van der Waals surface area contributed by atoms with E-state index in [9.17, 15) is 4.79 Å². The molecule has 2 aromatic carbocycles. The molecule has 0 bridgehead atoms. The van der Waals surface area contributed by atoms with E-state index in [2.05, 4.69) is 30.4 Å². The van der Waals surface area contributed by atoms with Crippen LogP contribution in [0.4, 0.5) is 5.69 Å². The molecule has 1 aliphatic carbocycles. The fraction of sp³-hybridized carbons (Fsp3) is 0.278. The third-order valence-electron chi connectivity index (χ3n) is 4.14. The van der Waals surface area contributed by atoms with Gasteiger partial charge in [0.2, 0.25) is 0 Å². The zero-order valence-corrected chi connectivity index (χ0v) is 12.1. The minimum Gasteiger partial charge on any atom is -0.478 e. The molecule has 0 heterocycles. The van der Waals surface area contributed by atoms with E-state index in [-0.39, 0.29) is 6.04 Å². The van der Waals surface area contributed by atoms with E-state index in [0.29, 0.717) is 5.56 Å². The molecule has 0 aromatic heterocycles. The Balaban J connectivity index is 1.73. The second kappa shape index (κ2) is 5.60. The van der Waals surface area contributed by atoms with E-state index >= 15 is 0 Å². The summed E-state index contributed by atoms with van der Waals surface area (Å²) < 4.78 is 0. The molecule has 3 rings (SSSR count). The maximum atomic E-state index is 10.8. The SMILES string of the molecule is CC(Nc1ccc(C(=O)O)cc1)c1ccc2c(c1)CCC2. The largest absolute Gasteiger partial charge is 0.478 e. The molecule has 3 nitrogen and oxygen atoms in total. The monoisotopic (exact) mass is 281 g/mol. The van der Waals surface area contributed by atoms with Gasteiger partial charge in [0.25, 0.3) is 0 Å². The van der Waals surface area contributed by atoms with Gasteiger partial charge in [-0.15, -0.1) is 0 Å². The van der Waals surface area contributed by atoms with Crippen molar-refractivity contribution in [1.29, 1.82) is 0 Å². The summed E-state index contributed by atoms with van der Waals surface area (Å²) in [5.74, 6) is -0.895. The third-order valence-corrected chi connectivity index (χ3v) is 4.14. The molecule has 0 fully saturated rings. The number of hydrogen-bond donors (Lipinski definition) is 2. The Kier molecular flexibility index (Phi) is 3.65. The van der Waals surface area contributed by atoms with Crippen molar-refractivity contribution in [3.63, 3.8) is 0 Å². The summed E-state index contributed by atoms with van der Waals surface area (Å²) in [5, 5.41) is 12.3. The van der Waals surface area contributed by atoms with Crippen LogP contribution in [0.25, 0.3) is 0 Å². The molecule has 1 unspecified atom stereocenters. The molecule has 1 aliphatic rings. The molecule has 0 saturated heterocycles. The van der Waals surface area contributed by atoms with Crippen molar-refractivity contribution in [1.82, 2.24) is 0 Å². The standard InChI is InChI=1S/C18H19NO2/c1-12(15-6-5-13-3-2-4-16(13)11-15)19-17-9-7-14(8-10-17)18(20)21/h5-12,19H,2-4H2,1H3,(H,20,21). The Labute approximate surface area is 124 Å². The van der Waals surface area contributed by atoms with E-state index in [4.69, 9.17) is 5.11 Å². The van der Waals surface area contributed by atoms with Gasteiger partial charge in [0.1, 0.15) is 0 Å². The van der Waals surface area contributed by atoms with E-state index in [1.165, 1.54) is 36.0 Å². The normalized spacial score (nSPS) is 14.5. The van der Waals surface area contributed by atoms with Crippen molar-refractivity contribution in [2.75, 3.05) is 5.32 Å². The fourth-order valence-corrected chi connectivity index (χ4v) is 2.90. The molecule has 2 aromatic rings. The smallest absolute Gasteiger partial charge is 0.335 e. The van der Waals surface area contributed by atoms with Gasteiger partial charge < -0.3 is 10.4 Å². The number of anilines is 1. The van der Waals surface area contributed by atoms with Crippen LogP contribution in [0.15, 0.2) is 42.5 Å². The van der Waals surface area contributed by atoms with Crippen LogP contribution >= 0.6 is 0 Å². The highest BCUT2D eigenvalue weighted by atomic mass is 16.4. The van der Waals surface area contributed by atoms with Crippen molar-refractivity contribution in [3.05, 3.63) is 64.7 Å². The highest BCUT2D eigenvalue weighted by Gasteiger charge is 2.13. The summed E-state index contributed by atoms with van der Waals surface area (Å²) in [6, 6.07) is 13.8. The minimum absolute atomic E-state index is 0.201. The van der Waals surface area contributed by atoms with Gasteiger partial charge in [0.05, 0.1) is 5.56 Å². The van der Waals surface area contributed by atoms with Gasteiger partial charge in [-0.3, -0.25) is 0 Å². The Bertz CT molecular complexity index is 661. The summed E-state index contributed by atoms with van der Waals surface area (Å²) in [7, 11) is 0. The number of aromatic carboxylic acids is 1. The number of aryl methyl sites for hydroxylation is 2. The third kappa shape index (κ3) is 2.92. The molecule has 0 amide bonds. The van der Waals surface area contributed by atoms with Gasteiger partial charge in [0, 0.05) is 11.7 Å². The first-order chi connectivity index (χ1) is 10.1. The average Bonchev–Trinajstić information content (AvgIpc) is 2.95. The van der Waals surface area contributed by atoms with E-state index in [1.54, 1.807) is 12.1 Å². The number of nitrogens with one attached hydrogen (secondary N) is 1. The number of benzene rings is 2. The molecular weight excluding hydrogens is 262 g/mol. The zero-order valence-electron chi connectivity index (χ0n) is 12.1. The van der Waals surface area contributed by atoms with Crippen LogP contribution in [0, 0.1) is 0 Å². The van der Waals surface area contributed by atoms with E-state index in [1.807, 2.05) is 12.1 Å². The summed E-state index contributed by atoms with van der Waals surface area (Å²) in [5.41, 5.74) is 5.48. The van der Waals surface area contributed by atoms with Crippen molar-refractivity contribution >= 4 is 11.7 Å². The Hall–Kier alpha value is -2.29. The topological polar surface area (TPSA) is 49.3 Å². The summed E-state index contributed by atoms with van der Waals surface area (Å²) in [6.07, 6.45) is 3.65. The number of carboxylic acids is 1. The first-order valence-electron chi connectivity index (χ1n) is 7.35. The predicted octanol–water partition coefficient (Wildman–Crippen LogP) is 4.05. The van der Waals surface area contributed by atoms with Gasteiger partial charge >= 0.3 is 5.97 Å². The molecule has 0 saturated carbocycles. The lowest BCUT2D eigenvalue weighted by molar-refractivity contribution is 0.0697. The summed E-state index contributed by atoms with van der Waals surface area (Å²) in [6.45, 7) is 2.13. The predicted molar refractivity (Wildman–Crippen MR) is 83.9 cm³/mol. The average molecular weight is 281 g/mol. The number of carboxylic acid groups (broad SMARTS) is 1. The number of hydrogen-bond acceptors (Lipinski definition) is 2. The second-order valence-electron chi connectivity index (χ2n) is 5.63. The maximum absolute atomic E-state index is 10.8. The molecule has 21 heavy (non-hydrogen) atoms. The van der Waals surface area contributed by atoms with E-state index < -0.39 is 5.97 Å². The van der Waals surface area contributed by atoms with Crippen LogP contribution < -0.4 is 5.32 Å². The lowest BCUT2D eigenvalue weighted by Gasteiger charge is -2.17. The van der Waals surface area contributed by atoms with Crippen molar-refractivity contribution in [2.24, 2.45) is 0 Å². The van der Waals surface area contributed by atoms with Crippen LogP contribution in [0.2, 0.25) is 0 Å². The molecule has 108 valence electrons. The molecule has 0 aliphatic heterocycles. The van der Waals surface area contributed by atoms with Crippen LogP contribution in [-0.2, 0) is 12.8 Å². The molecule has 0 radical (unpaired) electrons. The van der Waals surface area contributed by atoms with Crippen molar-refractivity contribution in [2.45, 2.75) is 32.2 Å². The summed E-state index contributed by atoms with van der Waals surface area (Å²) >= 11 is 0. The number of fused-ring (bicyclic) bond motifs is 1. The van der Waals surface area contributed by atoms with Crippen molar-refractivity contribution < 1.29 is 9.90 Å². The lowest BCUT2D eigenvalue weighted by atomic mass is 10.0. The first kappa shape index (κ1) is 13.7. The Morgan fingerprint density at radius 2 is 1.81 bits per heavy atom. The molecule has 3 heteroatoms. The van der Waals surface area contributed by atoms with Gasteiger partial charge in [-0.2, -0.15) is 0 Å². The van der Waals surface area contributed by atoms with Crippen molar-refractivity contribution in [3.8, 4) is 0 Å². The van der Waals surface area contributed by atoms with Crippen LogP contribution in [0.5, 0.6) is 0 Å². The minimum atomic E-state index is -0.895. The first-order valence-corrected chi connectivity index (χ1v) is 7.35. The van der Waals surface area contributed by atoms with Gasteiger partial charge in [-0.1, -0.05) is 18.2 Å².